The van der Waals surface area contributed by atoms with E-state index in [9.17, 15) is 0 Å². The van der Waals surface area contributed by atoms with E-state index in [1.165, 1.54) is 7.11 Å². The van der Waals surface area contributed by atoms with Gasteiger partial charge in [-0.1, -0.05) is 11.6 Å². The topological polar surface area (TPSA) is 82.3 Å². The molecule has 0 aliphatic carbocycles. The zero-order chi connectivity index (χ0) is 14.7. The Morgan fingerprint density at radius 3 is 2.55 bits per heavy atom. The first-order valence-corrected chi connectivity index (χ1v) is 6.21. The Hall–Kier alpha value is -2.21. The van der Waals surface area contributed by atoms with E-state index in [-0.39, 0.29) is 5.95 Å². The predicted molar refractivity (Wildman–Crippen MR) is 79.0 cm³/mol. The van der Waals surface area contributed by atoms with E-state index in [1.54, 1.807) is 19.2 Å². The molecule has 0 aliphatic rings. The van der Waals surface area contributed by atoms with E-state index >= 15 is 0 Å². The lowest BCUT2D eigenvalue weighted by Gasteiger charge is -2.13. The monoisotopic (exact) mass is 294 g/mol. The molecule has 0 atom stereocenters. The number of nitrogens with zero attached hydrogens (tertiary/aromatic N) is 2. The SMILES string of the molecule is COc1cc(Nc2cc(C)c(Cl)cc2OC)nc(N)n1. The van der Waals surface area contributed by atoms with Crippen molar-refractivity contribution in [3.8, 4) is 11.6 Å². The minimum absolute atomic E-state index is 0.122. The van der Waals surface area contributed by atoms with Crippen LogP contribution in [0.4, 0.5) is 17.5 Å². The van der Waals surface area contributed by atoms with E-state index in [2.05, 4.69) is 15.3 Å². The standard InChI is InChI=1S/C13H15ClN4O2/c1-7-4-9(10(19-2)5-8(7)14)16-11-6-12(20-3)18-13(15)17-11/h4-6H,1-3H3,(H3,15,16,17,18). The highest BCUT2D eigenvalue weighted by molar-refractivity contribution is 6.31. The van der Waals surface area contributed by atoms with Crippen LogP contribution in [0.5, 0.6) is 11.6 Å². The van der Waals surface area contributed by atoms with Crippen molar-refractivity contribution in [3.05, 3.63) is 28.8 Å². The lowest BCUT2D eigenvalue weighted by atomic mass is 10.2. The van der Waals surface area contributed by atoms with E-state index in [0.717, 1.165) is 11.3 Å². The molecule has 7 heteroatoms. The zero-order valence-electron chi connectivity index (χ0n) is 11.4. The number of rotatable bonds is 4. The second kappa shape index (κ2) is 5.83. The lowest BCUT2D eigenvalue weighted by Crippen LogP contribution is -2.03. The molecule has 3 N–H and O–H groups in total. The van der Waals surface area contributed by atoms with Crippen LogP contribution in [0.3, 0.4) is 0 Å². The molecule has 0 bridgehead atoms. The van der Waals surface area contributed by atoms with Crippen molar-refractivity contribution in [3.63, 3.8) is 0 Å². The average molecular weight is 295 g/mol. The maximum Gasteiger partial charge on any atom is 0.225 e. The Bertz CT molecular complexity index is 634. The van der Waals surface area contributed by atoms with Gasteiger partial charge in [-0.15, -0.1) is 0 Å². The summed E-state index contributed by atoms with van der Waals surface area (Å²) in [5.74, 6) is 1.62. The fourth-order valence-corrected chi connectivity index (χ4v) is 1.83. The number of nitrogen functional groups attached to an aromatic ring is 1. The average Bonchev–Trinajstić information content (AvgIpc) is 2.42. The first-order valence-electron chi connectivity index (χ1n) is 5.83. The van der Waals surface area contributed by atoms with E-state index in [0.29, 0.717) is 22.5 Å². The first kappa shape index (κ1) is 14.2. The Labute approximate surface area is 121 Å². The van der Waals surface area contributed by atoms with Gasteiger partial charge >= 0.3 is 0 Å². The maximum absolute atomic E-state index is 6.07. The molecule has 2 rings (SSSR count). The third-order valence-corrected chi connectivity index (χ3v) is 3.08. The van der Waals surface area contributed by atoms with Crippen molar-refractivity contribution in [2.24, 2.45) is 0 Å². The molecule has 0 amide bonds. The van der Waals surface area contributed by atoms with Crippen LogP contribution in [0.15, 0.2) is 18.2 Å². The number of aryl methyl sites for hydroxylation is 1. The summed E-state index contributed by atoms with van der Waals surface area (Å²) in [4.78, 5) is 8.01. The van der Waals surface area contributed by atoms with Gasteiger partial charge in [0, 0.05) is 17.2 Å². The van der Waals surface area contributed by atoms with Crippen LogP contribution in [-0.2, 0) is 0 Å². The zero-order valence-corrected chi connectivity index (χ0v) is 12.2. The molecule has 0 unspecified atom stereocenters. The number of halogens is 1. The summed E-state index contributed by atoms with van der Waals surface area (Å²) in [6.07, 6.45) is 0. The van der Waals surface area contributed by atoms with Gasteiger partial charge in [-0.25, -0.2) is 0 Å². The van der Waals surface area contributed by atoms with Crippen molar-refractivity contribution in [2.75, 3.05) is 25.3 Å². The highest BCUT2D eigenvalue weighted by atomic mass is 35.5. The van der Waals surface area contributed by atoms with Crippen LogP contribution < -0.4 is 20.5 Å². The van der Waals surface area contributed by atoms with Crippen LogP contribution in [-0.4, -0.2) is 24.2 Å². The number of benzene rings is 1. The Kier molecular flexibility index (Phi) is 4.14. The van der Waals surface area contributed by atoms with E-state index in [4.69, 9.17) is 26.8 Å². The Morgan fingerprint density at radius 1 is 1.15 bits per heavy atom. The van der Waals surface area contributed by atoms with Crippen LogP contribution in [0.25, 0.3) is 0 Å². The minimum atomic E-state index is 0.122. The van der Waals surface area contributed by atoms with E-state index in [1.807, 2.05) is 13.0 Å². The summed E-state index contributed by atoms with van der Waals surface area (Å²) < 4.78 is 10.3. The van der Waals surface area contributed by atoms with Crippen molar-refractivity contribution >= 4 is 29.1 Å². The molecule has 0 radical (unpaired) electrons. The summed E-state index contributed by atoms with van der Waals surface area (Å²) in [5.41, 5.74) is 7.27. The van der Waals surface area contributed by atoms with Gasteiger partial charge in [-0.3, -0.25) is 0 Å². The van der Waals surface area contributed by atoms with Gasteiger partial charge in [0.2, 0.25) is 11.8 Å². The summed E-state index contributed by atoms with van der Waals surface area (Å²) in [7, 11) is 3.08. The van der Waals surface area contributed by atoms with Gasteiger partial charge in [-0.05, 0) is 18.6 Å². The Morgan fingerprint density at radius 2 is 1.90 bits per heavy atom. The highest BCUT2D eigenvalue weighted by Crippen LogP contribution is 2.33. The maximum atomic E-state index is 6.07. The normalized spacial score (nSPS) is 10.2. The van der Waals surface area contributed by atoms with Crippen molar-refractivity contribution < 1.29 is 9.47 Å². The lowest BCUT2D eigenvalue weighted by molar-refractivity contribution is 0.398. The second-order valence-corrected chi connectivity index (χ2v) is 4.49. The van der Waals surface area contributed by atoms with Crippen LogP contribution in [0.1, 0.15) is 5.56 Å². The molecule has 0 spiro atoms. The van der Waals surface area contributed by atoms with Gasteiger partial charge in [-0.2, -0.15) is 9.97 Å². The summed E-state index contributed by atoms with van der Waals surface area (Å²) in [5, 5.41) is 3.74. The molecule has 1 aromatic heterocycles. The molecule has 0 aliphatic heterocycles. The third-order valence-electron chi connectivity index (χ3n) is 2.67. The molecule has 0 saturated carbocycles. The highest BCUT2D eigenvalue weighted by Gasteiger charge is 2.09. The molecule has 0 fully saturated rings. The number of hydrogen-bond donors (Lipinski definition) is 2. The molecular formula is C13H15ClN4O2. The number of aromatic nitrogens is 2. The summed E-state index contributed by atoms with van der Waals surface area (Å²) >= 11 is 6.07. The predicted octanol–water partition coefficient (Wildman–Crippen LogP) is 2.78. The fraction of sp³-hybridized carbons (Fsp3) is 0.231. The molecule has 106 valence electrons. The molecule has 2 aromatic rings. The third kappa shape index (κ3) is 3.03. The van der Waals surface area contributed by atoms with E-state index < -0.39 is 0 Å². The summed E-state index contributed by atoms with van der Waals surface area (Å²) in [6, 6.07) is 5.24. The van der Waals surface area contributed by atoms with Crippen LogP contribution in [0, 0.1) is 6.92 Å². The molecule has 1 heterocycles. The smallest absolute Gasteiger partial charge is 0.225 e. The summed E-state index contributed by atoms with van der Waals surface area (Å²) in [6.45, 7) is 1.90. The minimum Gasteiger partial charge on any atom is -0.495 e. The number of hydrogen-bond acceptors (Lipinski definition) is 6. The van der Waals surface area contributed by atoms with Crippen molar-refractivity contribution in [1.82, 2.24) is 9.97 Å². The fourth-order valence-electron chi connectivity index (χ4n) is 1.68. The number of anilines is 3. The van der Waals surface area contributed by atoms with Gasteiger partial charge < -0.3 is 20.5 Å². The first-order chi connectivity index (χ1) is 9.53. The molecule has 6 nitrogen and oxygen atoms in total. The quantitative estimate of drug-likeness (QED) is 0.902. The molecule has 1 aromatic carbocycles. The molecule has 0 saturated heterocycles. The number of ether oxygens (including phenoxy) is 2. The van der Waals surface area contributed by atoms with Crippen LogP contribution in [0.2, 0.25) is 5.02 Å². The van der Waals surface area contributed by atoms with Gasteiger partial charge in [0.05, 0.1) is 19.9 Å². The van der Waals surface area contributed by atoms with Gasteiger partial charge in [0.25, 0.3) is 0 Å². The number of nitrogens with one attached hydrogen (secondary N) is 1. The van der Waals surface area contributed by atoms with Crippen molar-refractivity contribution in [2.45, 2.75) is 6.92 Å². The van der Waals surface area contributed by atoms with Gasteiger partial charge in [0.15, 0.2) is 0 Å². The Balaban J connectivity index is 2.39. The van der Waals surface area contributed by atoms with Crippen molar-refractivity contribution in [1.29, 1.82) is 0 Å². The number of methoxy groups -OCH3 is 2. The van der Waals surface area contributed by atoms with Crippen LogP contribution >= 0.6 is 11.6 Å². The largest absolute Gasteiger partial charge is 0.495 e. The second-order valence-electron chi connectivity index (χ2n) is 4.08. The number of nitrogens with two attached hydrogens (primary N) is 1. The molecule has 20 heavy (non-hydrogen) atoms. The van der Waals surface area contributed by atoms with Gasteiger partial charge in [0.1, 0.15) is 11.6 Å². The molecular weight excluding hydrogens is 280 g/mol.